The zero-order chi connectivity index (χ0) is 25.6. The normalized spacial score (nSPS) is 12.6. The predicted molar refractivity (Wildman–Crippen MR) is 144 cm³/mol. The lowest BCUT2D eigenvalue weighted by molar-refractivity contribution is -0.139. The fraction of sp³-hybridized carbons (Fsp3) is 0.219. The summed E-state index contributed by atoms with van der Waals surface area (Å²) in [7, 11) is 0. The maximum atomic E-state index is 12.6. The Morgan fingerprint density at radius 2 is 1.14 bits per heavy atom. The summed E-state index contributed by atoms with van der Waals surface area (Å²) < 4.78 is 5.93. The second kappa shape index (κ2) is 10.8. The number of benzene rings is 4. The van der Waals surface area contributed by atoms with E-state index in [0.29, 0.717) is 6.42 Å². The summed E-state index contributed by atoms with van der Waals surface area (Å²) in [4.78, 5) is 12.6. The van der Waals surface area contributed by atoms with Crippen molar-refractivity contribution >= 4 is 5.97 Å². The van der Waals surface area contributed by atoms with Crippen molar-refractivity contribution in [1.82, 2.24) is 5.32 Å². The van der Waals surface area contributed by atoms with Crippen LogP contribution in [0.2, 0.25) is 0 Å². The summed E-state index contributed by atoms with van der Waals surface area (Å²) in [6, 6.07) is 37.0. The number of aliphatic carboxylic acids is 1. The van der Waals surface area contributed by atoms with Gasteiger partial charge in [0.15, 0.2) is 0 Å². The molecule has 4 aromatic carbocycles. The summed E-state index contributed by atoms with van der Waals surface area (Å²) in [6.45, 7) is 6.00. The largest absolute Gasteiger partial charge is 0.488 e. The summed E-state index contributed by atoms with van der Waals surface area (Å²) in [6.07, 6.45) is 0.319. The highest BCUT2D eigenvalue weighted by atomic mass is 16.5. The molecule has 36 heavy (non-hydrogen) atoms. The standard InChI is InChI=1S/C32H33NO3/c1-31(2,3)36-28-21-19-24(20-22-28)23-29(30(34)35)33-32(25-13-7-4-8-14-25,26-15-9-5-10-16-26)27-17-11-6-12-18-27/h4-22,29,33H,23H2,1-3H3,(H,34,35)/t29-/m0/s1. The summed E-state index contributed by atoms with van der Waals surface area (Å²) in [5.74, 6) is -0.143. The third kappa shape index (κ3) is 5.84. The van der Waals surface area contributed by atoms with E-state index in [1.165, 1.54) is 0 Å². The van der Waals surface area contributed by atoms with Crippen molar-refractivity contribution in [2.45, 2.75) is 44.4 Å². The van der Waals surface area contributed by atoms with E-state index in [1.54, 1.807) is 0 Å². The van der Waals surface area contributed by atoms with Crippen molar-refractivity contribution in [1.29, 1.82) is 0 Å². The maximum absolute atomic E-state index is 12.6. The van der Waals surface area contributed by atoms with Crippen LogP contribution in [0, 0.1) is 0 Å². The van der Waals surface area contributed by atoms with Gasteiger partial charge in [0.2, 0.25) is 0 Å². The van der Waals surface area contributed by atoms with Crippen LogP contribution < -0.4 is 10.1 Å². The monoisotopic (exact) mass is 479 g/mol. The molecule has 0 unspecified atom stereocenters. The fourth-order valence-electron chi connectivity index (χ4n) is 4.56. The van der Waals surface area contributed by atoms with Gasteiger partial charge in [0.25, 0.3) is 0 Å². The van der Waals surface area contributed by atoms with Gasteiger partial charge in [0, 0.05) is 0 Å². The van der Waals surface area contributed by atoms with Crippen LogP contribution in [0.25, 0.3) is 0 Å². The highest BCUT2D eigenvalue weighted by molar-refractivity contribution is 5.74. The van der Waals surface area contributed by atoms with E-state index in [0.717, 1.165) is 28.0 Å². The van der Waals surface area contributed by atoms with E-state index in [-0.39, 0.29) is 5.60 Å². The number of ether oxygens (including phenoxy) is 1. The summed E-state index contributed by atoms with van der Waals surface area (Å²) >= 11 is 0. The molecule has 0 amide bonds. The summed E-state index contributed by atoms with van der Waals surface area (Å²) in [5, 5.41) is 13.9. The zero-order valence-corrected chi connectivity index (χ0v) is 21.0. The highest BCUT2D eigenvalue weighted by Crippen LogP contribution is 2.37. The van der Waals surface area contributed by atoms with Gasteiger partial charge in [-0.15, -0.1) is 0 Å². The number of nitrogens with one attached hydrogen (secondary N) is 1. The first-order valence-corrected chi connectivity index (χ1v) is 12.2. The lowest BCUT2D eigenvalue weighted by atomic mass is 9.76. The molecule has 0 saturated carbocycles. The van der Waals surface area contributed by atoms with E-state index in [1.807, 2.05) is 136 Å². The smallest absolute Gasteiger partial charge is 0.321 e. The fourth-order valence-corrected chi connectivity index (χ4v) is 4.56. The molecule has 0 aromatic heterocycles. The minimum absolute atomic E-state index is 0.298. The van der Waals surface area contributed by atoms with E-state index < -0.39 is 17.6 Å². The molecule has 0 aliphatic rings. The molecule has 2 N–H and O–H groups in total. The first kappa shape index (κ1) is 25.2. The molecule has 0 bridgehead atoms. The van der Waals surface area contributed by atoms with Crippen LogP contribution in [0.4, 0.5) is 0 Å². The Morgan fingerprint density at radius 1 is 0.722 bits per heavy atom. The summed E-state index contributed by atoms with van der Waals surface area (Å²) in [5.41, 5.74) is 2.68. The third-order valence-corrected chi connectivity index (χ3v) is 6.10. The molecule has 0 radical (unpaired) electrons. The maximum Gasteiger partial charge on any atom is 0.321 e. The molecular formula is C32H33NO3. The van der Waals surface area contributed by atoms with Crippen molar-refractivity contribution in [3.8, 4) is 5.75 Å². The molecule has 0 spiro atoms. The molecular weight excluding hydrogens is 446 g/mol. The first-order chi connectivity index (χ1) is 17.3. The quantitative estimate of drug-likeness (QED) is 0.271. The molecule has 4 rings (SSSR count). The molecule has 4 heteroatoms. The molecule has 0 saturated heterocycles. The molecule has 1 atom stereocenters. The van der Waals surface area contributed by atoms with Crippen LogP contribution in [-0.2, 0) is 16.8 Å². The second-order valence-corrected chi connectivity index (χ2v) is 9.95. The molecule has 4 nitrogen and oxygen atoms in total. The van der Waals surface area contributed by atoms with Gasteiger partial charge in [-0.05, 0) is 61.6 Å². The molecule has 184 valence electrons. The Labute approximate surface area is 213 Å². The average Bonchev–Trinajstić information content (AvgIpc) is 2.88. The number of carbonyl (C=O) groups is 1. The minimum Gasteiger partial charge on any atom is -0.488 e. The Kier molecular flexibility index (Phi) is 7.56. The van der Waals surface area contributed by atoms with Crippen molar-refractivity contribution in [2.24, 2.45) is 0 Å². The van der Waals surface area contributed by atoms with E-state index >= 15 is 0 Å². The van der Waals surface area contributed by atoms with Crippen LogP contribution in [0.15, 0.2) is 115 Å². The van der Waals surface area contributed by atoms with Gasteiger partial charge < -0.3 is 9.84 Å². The number of carboxylic acids is 1. The molecule has 0 aliphatic carbocycles. The van der Waals surface area contributed by atoms with Crippen LogP contribution >= 0.6 is 0 Å². The van der Waals surface area contributed by atoms with Gasteiger partial charge in [0.1, 0.15) is 17.4 Å². The molecule has 0 heterocycles. The first-order valence-electron chi connectivity index (χ1n) is 12.2. The number of hydrogen-bond donors (Lipinski definition) is 2. The number of hydrogen-bond acceptors (Lipinski definition) is 3. The van der Waals surface area contributed by atoms with Crippen LogP contribution in [0.1, 0.15) is 43.0 Å². The zero-order valence-electron chi connectivity index (χ0n) is 21.0. The highest BCUT2D eigenvalue weighted by Gasteiger charge is 2.39. The van der Waals surface area contributed by atoms with Crippen LogP contribution in [0.5, 0.6) is 5.75 Å². The Bertz CT molecular complexity index is 1150. The van der Waals surface area contributed by atoms with Gasteiger partial charge in [-0.25, -0.2) is 0 Å². The van der Waals surface area contributed by atoms with Crippen molar-refractivity contribution < 1.29 is 14.6 Å². The van der Waals surface area contributed by atoms with Gasteiger partial charge in [-0.3, -0.25) is 10.1 Å². The number of carboxylic acid groups (broad SMARTS) is 1. The van der Waals surface area contributed by atoms with E-state index in [9.17, 15) is 9.90 Å². The second-order valence-electron chi connectivity index (χ2n) is 9.95. The third-order valence-electron chi connectivity index (χ3n) is 6.10. The Morgan fingerprint density at radius 3 is 1.50 bits per heavy atom. The Balaban J connectivity index is 1.77. The molecule has 4 aromatic rings. The molecule has 0 aliphatic heterocycles. The molecule has 0 fully saturated rings. The van der Waals surface area contributed by atoms with Gasteiger partial charge >= 0.3 is 5.97 Å². The van der Waals surface area contributed by atoms with Gasteiger partial charge in [0.05, 0.1) is 5.54 Å². The van der Waals surface area contributed by atoms with Gasteiger partial charge in [-0.1, -0.05) is 103 Å². The topological polar surface area (TPSA) is 58.6 Å². The van der Waals surface area contributed by atoms with Crippen LogP contribution in [0.3, 0.4) is 0 Å². The SMILES string of the molecule is CC(C)(C)Oc1ccc(C[C@H](NC(c2ccccc2)(c2ccccc2)c2ccccc2)C(=O)O)cc1. The van der Waals surface area contributed by atoms with Crippen molar-refractivity contribution in [3.05, 3.63) is 138 Å². The van der Waals surface area contributed by atoms with Crippen LogP contribution in [-0.4, -0.2) is 22.7 Å². The predicted octanol–water partition coefficient (Wildman–Crippen LogP) is 6.44. The lowest BCUT2D eigenvalue weighted by Gasteiger charge is -2.39. The minimum atomic E-state index is -0.905. The van der Waals surface area contributed by atoms with E-state index in [2.05, 4.69) is 5.32 Å². The average molecular weight is 480 g/mol. The van der Waals surface area contributed by atoms with Crippen molar-refractivity contribution in [2.75, 3.05) is 0 Å². The lowest BCUT2D eigenvalue weighted by Crippen LogP contribution is -2.53. The number of rotatable bonds is 9. The Hall–Kier alpha value is -3.89. The van der Waals surface area contributed by atoms with Crippen molar-refractivity contribution in [3.63, 3.8) is 0 Å². The van der Waals surface area contributed by atoms with Gasteiger partial charge in [-0.2, -0.15) is 0 Å². The van der Waals surface area contributed by atoms with E-state index in [4.69, 9.17) is 4.74 Å².